The number of hydrogen-bond acceptors (Lipinski definition) is 3. The summed E-state index contributed by atoms with van der Waals surface area (Å²) in [7, 11) is 0. The Labute approximate surface area is 139 Å². The molecule has 20 heavy (non-hydrogen) atoms. The van der Waals surface area contributed by atoms with E-state index in [1.165, 1.54) is 19.4 Å². The van der Waals surface area contributed by atoms with Gasteiger partial charge >= 0.3 is 0 Å². The van der Waals surface area contributed by atoms with Gasteiger partial charge in [-0.1, -0.05) is 6.92 Å². The molecule has 0 radical (unpaired) electrons. The van der Waals surface area contributed by atoms with Crippen LogP contribution in [0.5, 0.6) is 0 Å². The van der Waals surface area contributed by atoms with Crippen molar-refractivity contribution in [3.63, 3.8) is 0 Å². The van der Waals surface area contributed by atoms with E-state index in [1.54, 1.807) is 0 Å². The van der Waals surface area contributed by atoms with E-state index in [4.69, 9.17) is 4.74 Å². The number of morpholine rings is 1. The average molecular weight is 396 g/mol. The first-order chi connectivity index (χ1) is 9.33. The second kappa shape index (κ2) is 9.78. The van der Waals surface area contributed by atoms with E-state index in [1.807, 2.05) is 0 Å². The summed E-state index contributed by atoms with van der Waals surface area (Å²) >= 11 is 0. The van der Waals surface area contributed by atoms with Crippen molar-refractivity contribution in [1.29, 1.82) is 0 Å². The van der Waals surface area contributed by atoms with Gasteiger partial charge in [0.15, 0.2) is 5.96 Å². The number of nitrogens with zero attached hydrogens (tertiary/aromatic N) is 2. The van der Waals surface area contributed by atoms with Gasteiger partial charge < -0.3 is 15.4 Å². The quantitative estimate of drug-likeness (QED) is 0.420. The monoisotopic (exact) mass is 396 g/mol. The third-order valence-corrected chi connectivity index (χ3v) is 3.80. The molecule has 5 nitrogen and oxygen atoms in total. The Morgan fingerprint density at radius 1 is 1.35 bits per heavy atom. The number of guanidine groups is 1. The van der Waals surface area contributed by atoms with Crippen molar-refractivity contribution < 1.29 is 4.74 Å². The van der Waals surface area contributed by atoms with Gasteiger partial charge in [-0.3, -0.25) is 9.89 Å². The summed E-state index contributed by atoms with van der Waals surface area (Å²) in [6.45, 7) is 10.0. The number of halogens is 1. The number of nitrogens with one attached hydrogen (secondary N) is 2. The number of fused-ring (bicyclic) bond motifs is 1. The van der Waals surface area contributed by atoms with Gasteiger partial charge in [0, 0.05) is 25.7 Å². The van der Waals surface area contributed by atoms with E-state index < -0.39 is 0 Å². The fourth-order valence-electron chi connectivity index (χ4n) is 2.77. The third kappa shape index (κ3) is 5.37. The Morgan fingerprint density at radius 3 is 2.95 bits per heavy atom. The summed E-state index contributed by atoms with van der Waals surface area (Å²) in [4.78, 5) is 7.20. The number of hydrogen-bond donors (Lipinski definition) is 2. The van der Waals surface area contributed by atoms with Crippen LogP contribution in [-0.2, 0) is 4.74 Å². The van der Waals surface area contributed by atoms with E-state index in [0.717, 1.165) is 45.2 Å². The Kier molecular flexibility index (Phi) is 8.79. The molecular weight excluding hydrogens is 367 g/mol. The van der Waals surface area contributed by atoms with Crippen LogP contribution in [0.1, 0.15) is 33.1 Å². The molecule has 2 saturated heterocycles. The Morgan fingerprint density at radius 2 is 2.20 bits per heavy atom. The highest BCUT2D eigenvalue weighted by atomic mass is 127. The van der Waals surface area contributed by atoms with Crippen molar-refractivity contribution in [3.05, 3.63) is 0 Å². The first-order valence-corrected chi connectivity index (χ1v) is 7.71. The highest BCUT2D eigenvalue weighted by Gasteiger charge is 2.31. The summed E-state index contributed by atoms with van der Waals surface area (Å²) in [6, 6.07) is 0.673. The van der Waals surface area contributed by atoms with Gasteiger partial charge in [-0.2, -0.15) is 0 Å². The van der Waals surface area contributed by atoms with Gasteiger partial charge in [-0.05, 0) is 32.7 Å². The minimum absolute atomic E-state index is 0. The molecule has 2 rings (SSSR count). The molecule has 2 fully saturated rings. The lowest BCUT2D eigenvalue weighted by atomic mass is 10.2. The van der Waals surface area contributed by atoms with Crippen LogP contribution in [0.25, 0.3) is 0 Å². The lowest BCUT2D eigenvalue weighted by Crippen LogP contribution is -2.47. The molecule has 0 aromatic carbocycles. The van der Waals surface area contributed by atoms with Gasteiger partial charge in [0.1, 0.15) is 0 Å². The van der Waals surface area contributed by atoms with Crippen LogP contribution in [-0.4, -0.2) is 62.3 Å². The van der Waals surface area contributed by atoms with Crippen molar-refractivity contribution in [1.82, 2.24) is 15.5 Å². The SMILES string of the molecule is CCCNC(=NCC1CN2CCCC2CO1)NCC.I. The predicted octanol–water partition coefficient (Wildman–Crippen LogP) is 1.43. The molecule has 2 aliphatic rings. The summed E-state index contributed by atoms with van der Waals surface area (Å²) < 4.78 is 5.92. The molecular formula is C14H29IN4O. The molecule has 2 unspecified atom stereocenters. The normalized spacial score (nSPS) is 26.8. The van der Waals surface area contributed by atoms with Gasteiger partial charge in [0.25, 0.3) is 0 Å². The first-order valence-electron chi connectivity index (χ1n) is 7.71. The molecule has 0 aromatic heterocycles. The maximum atomic E-state index is 5.92. The molecule has 0 amide bonds. The molecule has 0 bridgehead atoms. The molecule has 118 valence electrons. The maximum Gasteiger partial charge on any atom is 0.191 e. The maximum absolute atomic E-state index is 5.92. The zero-order valence-electron chi connectivity index (χ0n) is 12.7. The topological polar surface area (TPSA) is 48.9 Å². The van der Waals surface area contributed by atoms with Crippen LogP contribution >= 0.6 is 24.0 Å². The average Bonchev–Trinajstić information content (AvgIpc) is 2.89. The minimum atomic E-state index is 0. The zero-order chi connectivity index (χ0) is 13.5. The van der Waals surface area contributed by atoms with Gasteiger partial charge in [-0.25, -0.2) is 0 Å². The van der Waals surface area contributed by atoms with Crippen LogP contribution in [0.4, 0.5) is 0 Å². The zero-order valence-corrected chi connectivity index (χ0v) is 15.1. The predicted molar refractivity (Wildman–Crippen MR) is 94.0 cm³/mol. The van der Waals surface area contributed by atoms with Crippen molar-refractivity contribution in [2.75, 3.05) is 39.3 Å². The summed E-state index contributed by atoms with van der Waals surface area (Å²) in [5, 5.41) is 6.60. The van der Waals surface area contributed by atoms with E-state index in [-0.39, 0.29) is 30.1 Å². The van der Waals surface area contributed by atoms with Crippen molar-refractivity contribution in [3.8, 4) is 0 Å². The summed E-state index contributed by atoms with van der Waals surface area (Å²) in [5.74, 6) is 0.913. The molecule has 0 aromatic rings. The molecule has 0 spiro atoms. The van der Waals surface area contributed by atoms with Crippen LogP contribution in [0.2, 0.25) is 0 Å². The molecule has 0 saturated carbocycles. The minimum Gasteiger partial charge on any atom is -0.373 e. The van der Waals surface area contributed by atoms with Crippen LogP contribution < -0.4 is 10.6 Å². The Balaban J connectivity index is 0.00000200. The molecule has 2 heterocycles. The smallest absolute Gasteiger partial charge is 0.191 e. The number of rotatable bonds is 5. The second-order valence-corrected chi connectivity index (χ2v) is 5.39. The Hall–Kier alpha value is -0.0800. The molecule has 2 N–H and O–H groups in total. The largest absolute Gasteiger partial charge is 0.373 e. The Bertz CT molecular complexity index is 301. The van der Waals surface area contributed by atoms with Gasteiger partial charge in [0.2, 0.25) is 0 Å². The van der Waals surface area contributed by atoms with Gasteiger partial charge in [-0.15, -0.1) is 24.0 Å². The summed E-state index contributed by atoms with van der Waals surface area (Å²) in [5.41, 5.74) is 0. The molecule has 6 heteroatoms. The fraction of sp³-hybridized carbons (Fsp3) is 0.929. The van der Waals surface area contributed by atoms with E-state index in [0.29, 0.717) is 6.04 Å². The second-order valence-electron chi connectivity index (χ2n) is 5.39. The van der Waals surface area contributed by atoms with E-state index in [9.17, 15) is 0 Å². The van der Waals surface area contributed by atoms with Crippen molar-refractivity contribution in [2.24, 2.45) is 4.99 Å². The summed E-state index contributed by atoms with van der Waals surface area (Å²) in [6.07, 6.45) is 3.99. The van der Waals surface area contributed by atoms with Crippen molar-refractivity contribution >= 4 is 29.9 Å². The van der Waals surface area contributed by atoms with Crippen molar-refractivity contribution in [2.45, 2.75) is 45.3 Å². The van der Waals surface area contributed by atoms with Crippen LogP contribution in [0.15, 0.2) is 4.99 Å². The van der Waals surface area contributed by atoms with Crippen LogP contribution in [0, 0.1) is 0 Å². The third-order valence-electron chi connectivity index (χ3n) is 3.80. The van der Waals surface area contributed by atoms with E-state index >= 15 is 0 Å². The molecule has 2 aliphatic heterocycles. The number of ether oxygens (including phenoxy) is 1. The molecule has 2 atom stereocenters. The van der Waals surface area contributed by atoms with Gasteiger partial charge in [0.05, 0.1) is 19.3 Å². The number of aliphatic imine (C=N–C) groups is 1. The highest BCUT2D eigenvalue weighted by molar-refractivity contribution is 14.0. The highest BCUT2D eigenvalue weighted by Crippen LogP contribution is 2.22. The van der Waals surface area contributed by atoms with E-state index in [2.05, 4.69) is 34.4 Å². The lowest BCUT2D eigenvalue weighted by Gasteiger charge is -2.34. The van der Waals surface area contributed by atoms with Crippen LogP contribution in [0.3, 0.4) is 0 Å². The first kappa shape index (κ1) is 18.0. The lowest BCUT2D eigenvalue weighted by molar-refractivity contribution is -0.0432. The molecule has 0 aliphatic carbocycles. The standard InChI is InChI=1S/C14H28N4O.HI/c1-3-7-16-14(15-4-2)17-9-13-10-18-8-5-6-12(18)11-19-13;/h12-13H,3-11H2,1-2H3,(H2,15,16,17);1H. The fourth-order valence-corrected chi connectivity index (χ4v) is 2.77.